The van der Waals surface area contributed by atoms with Crippen LogP contribution in [-0.2, 0) is 19.1 Å². The zero-order chi connectivity index (χ0) is 17.4. The predicted molar refractivity (Wildman–Crippen MR) is 91.1 cm³/mol. The first-order valence-corrected chi connectivity index (χ1v) is 9.11. The van der Waals surface area contributed by atoms with Crippen molar-refractivity contribution in [2.24, 2.45) is 23.7 Å². The van der Waals surface area contributed by atoms with Crippen molar-refractivity contribution in [1.29, 1.82) is 0 Å². The number of ether oxygens (including phenoxy) is 2. The van der Waals surface area contributed by atoms with E-state index in [4.69, 9.17) is 9.47 Å². The van der Waals surface area contributed by atoms with Crippen LogP contribution in [0.25, 0.3) is 0 Å². The summed E-state index contributed by atoms with van der Waals surface area (Å²) < 4.78 is 11.5. The first kappa shape index (κ1) is 17.2. The van der Waals surface area contributed by atoms with E-state index < -0.39 is 0 Å². The molecule has 0 amide bonds. The SMILES string of the molecule is C=C(C)C(=O)O[C@@H]1CCC2CCCC3C2C1C[C@H]3OC(=O)C(=C)C. The van der Waals surface area contributed by atoms with Gasteiger partial charge in [-0.15, -0.1) is 0 Å². The summed E-state index contributed by atoms with van der Waals surface area (Å²) in [6.07, 6.45) is 6.26. The normalized spacial score (nSPS) is 37.2. The van der Waals surface area contributed by atoms with Crippen LogP contribution < -0.4 is 0 Å². The lowest BCUT2D eigenvalue weighted by atomic mass is 9.64. The Balaban J connectivity index is 1.77. The maximum Gasteiger partial charge on any atom is 0.333 e. The van der Waals surface area contributed by atoms with Gasteiger partial charge in [0.05, 0.1) is 0 Å². The quantitative estimate of drug-likeness (QED) is 0.580. The fourth-order valence-electron chi connectivity index (χ4n) is 5.14. The third-order valence-corrected chi connectivity index (χ3v) is 6.14. The highest BCUT2D eigenvalue weighted by Gasteiger charge is 2.55. The van der Waals surface area contributed by atoms with Crippen LogP contribution in [0.5, 0.6) is 0 Å². The second kappa shape index (κ2) is 6.73. The Labute approximate surface area is 144 Å². The number of rotatable bonds is 4. The molecule has 0 N–H and O–H groups in total. The standard InChI is InChI=1S/C20H28O4/c1-11(2)19(21)23-16-9-8-13-6-5-7-14-17(10-15(16)18(13)14)24-20(22)12(3)4/h13-18H,1,3,5-10H2,2,4H3/t13?,14?,15?,16-,17-,18?/m1/s1. The molecule has 0 spiro atoms. The van der Waals surface area contributed by atoms with E-state index in [0.717, 1.165) is 25.7 Å². The van der Waals surface area contributed by atoms with Gasteiger partial charge in [0, 0.05) is 17.1 Å². The van der Waals surface area contributed by atoms with Gasteiger partial charge in [-0.2, -0.15) is 0 Å². The van der Waals surface area contributed by atoms with Gasteiger partial charge < -0.3 is 9.47 Å². The number of carbonyl (C=O) groups is 2. The van der Waals surface area contributed by atoms with E-state index >= 15 is 0 Å². The summed E-state index contributed by atoms with van der Waals surface area (Å²) in [5.74, 6) is 1.31. The Hall–Kier alpha value is -1.58. The summed E-state index contributed by atoms with van der Waals surface area (Å²) in [7, 11) is 0. The van der Waals surface area contributed by atoms with Crippen LogP contribution in [0, 0.1) is 23.7 Å². The lowest BCUT2D eigenvalue weighted by Crippen LogP contribution is -2.41. The summed E-state index contributed by atoms with van der Waals surface area (Å²) in [5.41, 5.74) is 0.892. The molecule has 3 saturated carbocycles. The fraction of sp³-hybridized carbons (Fsp3) is 0.700. The topological polar surface area (TPSA) is 52.6 Å². The van der Waals surface area contributed by atoms with Gasteiger partial charge in [-0.1, -0.05) is 26.0 Å². The Bertz CT molecular complexity index is 564. The van der Waals surface area contributed by atoms with E-state index in [1.165, 1.54) is 12.8 Å². The lowest BCUT2D eigenvalue weighted by molar-refractivity contribution is -0.152. The van der Waals surface area contributed by atoms with Gasteiger partial charge in [0.1, 0.15) is 12.2 Å². The van der Waals surface area contributed by atoms with Crippen molar-refractivity contribution in [3.05, 3.63) is 24.3 Å². The van der Waals surface area contributed by atoms with Crippen molar-refractivity contribution in [1.82, 2.24) is 0 Å². The van der Waals surface area contributed by atoms with Crippen molar-refractivity contribution < 1.29 is 19.1 Å². The Kier molecular flexibility index (Phi) is 4.84. The van der Waals surface area contributed by atoms with Gasteiger partial charge in [-0.05, 0) is 57.3 Å². The van der Waals surface area contributed by atoms with E-state index in [-0.39, 0.29) is 24.1 Å². The summed E-state index contributed by atoms with van der Waals surface area (Å²) in [5, 5.41) is 0. The molecule has 0 heterocycles. The monoisotopic (exact) mass is 332 g/mol. The van der Waals surface area contributed by atoms with E-state index in [1.54, 1.807) is 13.8 Å². The van der Waals surface area contributed by atoms with Crippen LogP contribution in [-0.4, -0.2) is 24.1 Å². The first-order chi connectivity index (χ1) is 11.4. The molecule has 3 rings (SSSR count). The number of hydrogen-bond acceptors (Lipinski definition) is 4. The maximum absolute atomic E-state index is 12.0. The molecular formula is C20H28O4. The molecule has 132 valence electrons. The van der Waals surface area contributed by atoms with Crippen molar-refractivity contribution in [3.63, 3.8) is 0 Å². The first-order valence-electron chi connectivity index (χ1n) is 9.11. The summed E-state index contributed by atoms with van der Waals surface area (Å²) >= 11 is 0. The van der Waals surface area contributed by atoms with E-state index in [9.17, 15) is 9.59 Å². The molecule has 6 atom stereocenters. The van der Waals surface area contributed by atoms with Crippen LogP contribution >= 0.6 is 0 Å². The Morgan fingerprint density at radius 3 is 2.08 bits per heavy atom. The van der Waals surface area contributed by atoms with Gasteiger partial charge in [0.2, 0.25) is 0 Å². The molecule has 4 unspecified atom stereocenters. The summed E-state index contributed by atoms with van der Waals surface area (Å²) in [4.78, 5) is 24.0. The molecule has 4 nitrogen and oxygen atoms in total. The fourth-order valence-corrected chi connectivity index (χ4v) is 5.14. The third-order valence-electron chi connectivity index (χ3n) is 6.14. The minimum atomic E-state index is -0.298. The molecule has 4 heteroatoms. The highest BCUT2D eigenvalue weighted by Crippen LogP contribution is 2.56. The largest absolute Gasteiger partial charge is 0.459 e. The van der Waals surface area contributed by atoms with Gasteiger partial charge in [0.15, 0.2) is 0 Å². The molecule has 0 aromatic heterocycles. The van der Waals surface area contributed by atoms with Gasteiger partial charge >= 0.3 is 11.9 Å². The zero-order valence-corrected chi connectivity index (χ0v) is 14.8. The average Bonchev–Trinajstić information content (AvgIpc) is 2.90. The molecule has 3 aliphatic rings. The van der Waals surface area contributed by atoms with Crippen LogP contribution in [0.1, 0.15) is 52.4 Å². The van der Waals surface area contributed by atoms with E-state index in [1.807, 2.05) is 0 Å². The zero-order valence-electron chi connectivity index (χ0n) is 14.8. The minimum absolute atomic E-state index is 0.0591. The van der Waals surface area contributed by atoms with Crippen molar-refractivity contribution >= 4 is 11.9 Å². The van der Waals surface area contributed by atoms with Crippen LogP contribution in [0.3, 0.4) is 0 Å². The number of carbonyl (C=O) groups excluding carboxylic acids is 2. The second-order valence-corrected chi connectivity index (χ2v) is 7.86. The van der Waals surface area contributed by atoms with Gasteiger partial charge in [0.25, 0.3) is 0 Å². The smallest absolute Gasteiger partial charge is 0.333 e. The van der Waals surface area contributed by atoms with E-state index in [0.29, 0.717) is 34.8 Å². The van der Waals surface area contributed by atoms with Crippen LogP contribution in [0.15, 0.2) is 24.3 Å². The Morgan fingerprint density at radius 2 is 1.46 bits per heavy atom. The van der Waals surface area contributed by atoms with Crippen molar-refractivity contribution in [2.45, 2.75) is 64.6 Å². The molecule has 0 aromatic carbocycles. The van der Waals surface area contributed by atoms with E-state index in [2.05, 4.69) is 13.2 Å². The predicted octanol–water partition coefficient (Wildman–Crippen LogP) is 3.81. The Morgan fingerprint density at radius 1 is 0.833 bits per heavy atom. The molecular weight excluding hydrogens is 304 g/mol. The van der Waals surface area contributed by atoms with Gasteiger partial charge in [-0.25, -0.2) is 9.59 Å². The molecule has 24 heavy (non-hydrogen) atoms. The molecule has 0 saturated heterocycles. The summed E-state index contributed by atoms with van der Waals surface area (Å²) in [6, 6.07) is 0. The third kappa shape index (κ3) is 3.15. The number of esters is 2. The molecule has 0 aliphatic heterocycles. The van der Waals surface area contributed by atoms with Gasteiger partial charge in [-0.3, -0.25) is 0 Å². The molecule has 3 fully saturated rings. The molecule has 3 aliphatic carbocycles. The molecule has 0 aromatic rings. The average molecular weight is 332 g/mol. The lowest BCUT2D eigenvalue weighted by Gasteiger charge is -2.44. The van der Waals surface area contributed by atoms with Crippen LogP contribution in [0.4, 0.5) is 0 Å². The maximum atomic E-state index is 12.0. The molecule has 0 radical (unpaired) electrons. The summed E-state index contributed by atoms with van der Waals surface area (Å²) in [6.45, 7) is 10.7. The van der Waals surface area contributed by atoms with Crippen molar-refractivity contribution in [3.8, 4) is 0 Å². The van der Waals surface area contributed by atoms with Crippen LogP contribution in [0.2, 0.25) is 0 Å². The number of hydrogen-bond donors (Lipinski definition) is 0. The molecule has 0 bridgehead atoms. The van der Waals surface area contributed by atoms with Crippen molar-refractivity contribution in [2.75, 3.05) is 0 Å². The highest BCUT2D eigenvalue weighted by atomic mass is 16.6. The highest BCUT2D eigenvalue weighted by molar-refractivity contribution is 5.87. The minimum Gasteiger partial charge on any atom is -0.459 e. The second-order valence-electron chi connectivity index (χ2n) is 7.86.